The van der Waals surface area contributed by atoms with Crippen LogP contribution in [0.25, 0.3) is 0 Å². The van der Waals surface area contributed by atoms with Crippen LogP contribution in [0.3, 0.4) is 0 Å². The van der Waals surface area contributed by atoms with E-state index in [-0.39, 0.29) is 16.7 Å². The lowest BCUT2D eigenvalue weighted by Gasteiger charge is -2.17. The summed E-state index contributed by atoms with van der Waals surface area (Å²) in [5.41, 5.74) is -0.974. The van der Waals surface area contributed by atoms with E-state index in [2.05, 4.69) is 4.98 Å². The molecule has 2 aromatic rings. The summed E-state index contributed by atoms with van der Waals surface area (Å²) in [7, 11) is 0. The molecule has 0 aliphatic heterocycles. The molecule has 0 saturated carbocycles. The highest BCUT2D eigenvalue weighted by Gasteiger charge is 2.31. The molecule has 1 aromatic carbocycles. The second-order valence-electron chi connectivity index (χ2n) is 5.80. The number of nitrogens with zero attached hydrogens (tertiary/aromatic N) is 1. The van der Waals surface area contributed by atoms with Crippen molar-refractivity contribution < 1.29 is 36.9 Å². The lowest BCUT2D eigenvalue weighted by molar-refractivity contribution is -0.180. The number of halogens is 4. The van der Waals surface area contributed by atoms with E-state index >= 15 is 0 Å². The number of ether oxygens (including phenoxy) is 4. The molecule has 0 spiro atoms. The van der Waals surface area contributed by atoms with Crippen LogP contribution in [0.2, 0.25) is 5.02 Å². The van der Waals surface area contributed by atoms with Gasteiger partial charge in [0.25, 0.3) is 0 Å². The summed E-state index contributed by atoms with van der Waals surface area (Å²) in [6.45, 7) is 5.31. The second kappa shape index (κ2) is 9.80. The summed E-state index contributed by atoms with van der Waals surface area (Å²) in [4.78, 5) is 15.5. The van der Waals surface area contributed by atoms with E-state index in [1.807, 2.05) is 0 Å². The molecule has 0 radical (unpaired) electrons. The van der Waals surface area contributed by atoms with Gasteiger partial charge in [0.2, 0.25) is 5.88 Å². The Bertz CT molecular complexity index is 830. The van der Waals surface area contributed by atoms with Crippen molar-refractivity contribution in [2.24, 2.45) is 0 Å². The minimum Gasteiger partial charge on any atom is -0.479 e. The summed E-state index contributed by atoms with van der Waals surface area (Å²) >= 11 is 5.81. The summed E-state index contributed by atoms with van der Waals surface area (Å²) in [6.07, 6.45) is -5.48. The first-order valence-corrected chi connectivity index (χ1v) is 8.97. The van der Waals surface area contributed by atoms with Crippen molar-refractivity contribution in [2.45, 2.75) is 39.3 Å². The average molecular weight is 434 g/mol. The van der Waals surface area contributed by atoms with Gasteiger partial charge in [0.05, 0.1) is 5.56 Å². The maximum atomic E-state index is 12.6. The third kappa shape index (κ3) is 6.79. The Balaban J connectivity index is 1.97. The number of alkyl halides is 3. The van der Waals surface area contributed by atoms with Gasteiger partial charge in [-0.15, -0.1) is 0 Å². The van der Waals surface area contributed by atoms with Gasteiger partial charge in [0.1, 0.15) is 16.5 Å². The average Bonchev–Trinajstić information content (AvgIpc) is 2.64. The maximum Gasteiger partial charge on any atom is 0.417 e. The highest BCUT2D eigenvalue weighted by molar-refractivity contribution is 6.31. The lowest BCUT2D eigenvalue weighted by atomic mass is 10.3. The van der Waals surface area contributed by atoms with Crippen molar-refractivity contribution in [2.75, 3.05) is 6.61 Å². The van der Waals surface area contributed by atoms with E-state index in [9.17, 15) is 18.0 Å². The number of hydrogen-bond acceptors (Lipinski definition) is 6. The molecular weight excluding hydrogens is 415 g/mol. The van der Waals surface area contributed by atoms with Crippen molar-refractivity contribution in [3.63, 3.8) is 0 Å². The summed E-state index contributed by atoms with van der Waals surface area (Å²) in [6, 6.07) is 6.75. The molecule has 0 N–H and O–H groups in total. The second-order valence-corrected chi connectivity index (χ2v) is 6.21. The molecule has 2 rings (SSSR count). The molecule has 158 valence electrons. The first kappa shape index (κ1) is 22.8. The van der Waals surface area contributed by atoms with Gasteiger partial charge in [-0.2, -0.15) is 13.2 Å². The predicted octanol–water partition coefficient (Wildman–Crippen LogP) is 5.24. The Morgan fingerprint density at radius 1 is 1.17 bits per heavy atom. The van der Waals surface area contributed by atoms with Gasteiger partial charge in [-0.25, -0.2) is 9.78 Å². The smallest absolute Gasteiger partial charge is 0.417 e. The Kier molecular flexibility index (Phi) is 7.69. The van der Waals surface area contributed by atoms with Crippen LogP contribution < -0.4 is 9.47 Å². The first-order chi connectivity index (χ1) is 13.6. The van der Waals surface area contributed by atoms with E-state index in [1.54, 1.807) is 13.8 Å². The van der Waals surface area contributed by atoms with Crippen molar-refractivity contribution >= 4 is 17.6 Å². The number of benzene rings is 1. The molecule has 1 aromatic heterocycles. The van der Waals surface area contributed by atoms with Crippen LogP contribution in [-0.4, -0.2) is 30.0 Å². The highest BCUT2D eigenvalue weighted by atomic mass is 35.5. The molecule has 29 heavy (non-hydrogen) atoms. The standard InChI is InChI=1S/C19H19ClF3NO5/c1-4-26-12(3)28-18(25)11(2)27-14-5-7-15(8-6-14)29-17-16(20)9-13(10-24-17)19(21,22)23/h5-12H,4H2,1-3H3. The molecular formula is C19H19ClF3NO5. The summed E-state index contributed by atoms with van der Waals surface area (Å²) < 4.78 is 59.0. The maximum absolute atomic E-state index is 12.6. The van der Waals surface area contributed by atoms with Crippen LogP contribution in [0.1, 0.15) is 26.3 Å². The molecule has 0 bridgehead atoms. The molecule has 6 nitrogen and oxygen atoms in total. The SMILES string of the molecule is CCOC(C)OC(=O)C(C)Oc1ccc(Oc2ncc(C(F)(F)F)cc2Cl)cc1. The largest absolute Gasteiger partial charge is 0.479 e. The number of aromatic nitrogens is 1. The Morgan fingerprint density at radius 2 is 1.79 bits per heavy atom. The van der Waals surface area contributed by atoms with Crippen LogP contribution in [0.15, 0.2) is 36.5 Å². The van der Waals surface area contributed by atoms with Crippen LogP contribution >= 0.6 is 11.6 Å². The highest BCUT2D eigenvalue weighted by Crippen LogP contribution is 2.34. The van der Waals surface area contributed by atoms with E-state index in [0.717, 1.165) is 6.07 Å². The van der Waals surface area contributed by atoms with E-state index in [0.29, 0.717) is 18.6 Å². The third-order valence-corrected chi connectivity index (χ3v) is 3.77. The Hall–Kier alpha value is -2.52. The van der Waals surface area contributed by atoms with E-state index < -0.39 is 30.1 Å². The molecule has 0 aliphatic carbocycles. The molecule has 0 saturated heterocycles. The minimum absolute atomic E-state index is 0.171. The van der Waals surface area contributed by atoms with Crippen molar-refractivity contribution in [1.82, 2.24) is 4.98 Å². The third-order valence-electron chi connectivity index (χ3n) is 3.50. The molecule has 2 unspecified atom stereocenters. The normalized spacial score (nSPS) is 13.5. The van der Waals surface area contributed by atoms with Crippen LogP contribution in [0.4, 0.5) is 13.2 Å². The van der Waals surface area contributed by atoms with Crippen molar-refractivity contribution in [1.29, 1.82) is 0 Å². The molecule has 0 aliphatic rings. The Labute approximate surface area is 170 Å². The minimum atomic E-state index is -4.55. The van der Waals surface area contributed by atoms with E-state index in [4.69, 9.17) is 30.5 Å². The fourth-order valence-electron chi connectivity index (χ4n) is 2.13. The van der Waals surface area contributed by atoms with Gasteiger partial charge in [-0.1, -0.05) is 11.6 Å². The van der Waals surface area contributed by atoms with Gasteiger partial charge in [0, 0.05) is 12.8 Å². The number of pyridine rings is 1. The predicted molar refractivity (Wildman–Crippen MR) is 98.0 cm³/mol. The molecule has 1 heterocycles. The van der Waals surface area contributed by atoms with Gasteiger partial charge in [-0.3, -0.25) is 0 Å². The fraction of sp³-hybridized carbons (Fsp3) is 0.368. The zero-order valence-corrected chi connectivity index (χ0v) is 16.6. The number of rotatable bonds is 8. The summed E-state index contributed by atoms with van der Waals surface area (Å²) in [5.74, 6) is -0.133. The quantitative estimate of drug-likeness (QED) is 0.419. The van der Waals surface area contributed by atoms with Crippen molar-refractivity contribution in [3.8, 4) is 17.4 Å². The number of esters is 1. The fourth-order valence-corrected chi connectivity index (χ4v) is 2.34. The number of carbonyl (C=O) groups is 1. The zero-order valence-electron chi connectivity index (χ0n) is 15.8. The van der Waals surface area contributed by atoms with Gasteiger partial charge in [0.15, 0.2) is 12.4 Å². The topological polar surface area (TPSA) is 66.9 Å². The number of hydrogen-bond donors (Lipinski definition) is 0. The van der Waals surface area contributed by atoms with Crippen molar-refractivity contribution in [3.05, 3.63) is 47.1 Å². The van der Waals surface area contributed by atoms with Crippen LogP contribution in [-0.2, 0) is 20.4 Å². The Morgan fingerprint density at radius 3 is 2.34 bits per heavy atom. The molecule has 2 atom stereocenters. The summed E-state index contributed by atoms with van der Waals surface area (Å²) in [5, 5.41) is -0.278. The first-order valence-electron chi connectivity index (χ1n) is 8.59. The van der Waals surface area contributed by atoms with E-state index in [1.165, 1.54) is 31.2 Å². The number of carbonyl (C=O) groups excluding carboxylic acids is 1. The van der Waals surface area contributed by atoms with Gasteiger partial charge in [-0.05, 0) is 51.1 Å². The molecule has 0 fully saturated rings. The monoisotopic (exact) mass is 433 g/mol. The lowest BCUT2D eigenvalue weighted by Crippen LogP contribution is -2.30. The zero-order chi connectivity index (χ0) is 21.6. The van der Waals surface area contributed by atoms with Crippen LogP contribution in [0.5, 0.6) is 17.4 Å². The molecule has 0 amide bonds. The van der Waals surface area contributed by atoms with Gasteiger partial charge < -0.3 is 18.9 Å². The van der Waals surface area contributed by atoms with Gasteiger partial charge >= 0.3 is 12.1 Å². The molecule has 10 heteroatoms. The van der Waals surface area contributed by atoms with Crippen LogP contribution in [0, 0.1) is 0 Å².